The number of halogens is 2. The van der Waals surface area contributed by atoms with Gasteiger partial charge in [-0.05, 0) is 49.7 Å². The van der Waals surface area contributed by atoms with Gasteiger partial charge in [0.1, 0.15) is 11.6 Å². The molecule has 0 aliphatic carbocycles. The summed E-state index contributed by atoms with van der Waals surface area (Å²) in [6.45, 7) is 1.71. The zero-order chi connectivity index (χ0) is 17.4. The van der Waals surface area contributed by atoms with Gasteiger partial charge in [-0.2, -0.15) is 0 Å². The van der Waals surface area contributed by atoms with Gasteiger partial charge in [0, 0.05) is 18.7 Å². The fourth-order valence-corrected chi connectivity index (χ4v) is 3.62. The summed E-state index contributed by atoms with van der Waals surface area (Å²) < 4.78 is 34.3. The summed E-state index contributed by atoms with van der Waals surface area (Å²) in [5, 5.41) is 0. The van der Waals surface area contributed by atoms with Crippen molar-refractivity contribution in [2.45, 2.75) is 25.4 Å². The average Bonchev–Trinajstić information content (AvgIpc) is 2.94. The highest BCUT2D eigenvalue weighted by Gasteiger charge is 2.25. The van der Waals surface area contributed by atoms with Crippen LogP contribution in [0.1, 0.15) is 24.4 Å². The van der Waals surface area contributed by atoms with Gasteiger partial charge in [-0.1, -0.05) is 12.1 Å². The van der Waals surface area contributed by atoms with Gasteiger partial charge in [0.25, 0.3) is 0 Å². The lowest BCUT2D eigenvalue weighted by Crippen LogP contribution is -2.38. The average molecular weight is 344 g/mol. The highest BCUT2D eigenvalue weighted by Crippen LogP contribution is 2.26. The summed E-state index contributed by atoms with van der Waals surface area (Å²) in [5.41, 5.74) is 1.68. The Morgan fingerprint density at radius 2 is 2.00 bits per heavy atom. The molecule has 0 radical (unpaired) electrons. The van der Waals surface area contributed by atoms with Gasteiger partial charge >= 0.3 is 5.76 Å². The number of benzene rings is 2. The number of fused-ring (bicyclic) bond motifs is 1. The summed E-state index contributed by atoms with van der Waals surface area (Å²) in [7, 11) is 0. The minimum atomic E-state index is -0.443. The largest absolute Gasteiger partial charge is 0.420 e. The molecule has 2 aromatic carbocycles. The molecule has 1 saturated heterocycles. The van der Waals surface area contributed by atoms with E-state index in [9.17, 15) is 13.6 Å². The normalized spacial score (nSPS) is 18.7. The third-order valence-corrected chi connectivity index (χ3v) is 4.77. The van der Waals surface area contributed by atoms with E-state index >= 15 is 0 Å². The first kappa shape index (κ1) is 16.0. The SMILES string of the molecule is O=c1oc2ccccc2n1[C@@H]1CCCN(Cc2cc(F)ccc2F)C1. The first-order chi connectivity index (χ1) is 12.1. The molecule has 0 unspecified atom stereocenters. The van der Waals surface area contributed by atoms with Crippen molar-refractivity contribution in [3.63, 3.8) is 0 Å². The Morgan fingerprint density at radius 3 is 2.88 bits per heavy atom. The van der Waals surface area contributed by atoms with Gasteiger partial charge in [-0.25, -0.2) is 13.6 Å². The molecule has 4 rings (SSSR count). The Labute approximate surface area is 143 Å². The number of hydrogen-bond donors (Lipinski definition) is 0. The number of piperidine rings is 1. The van der Waals surface area contributed by atoms with Crippen LogP contribution in [0.15, 0.2) is 51.7 Å². The molecule has 0 N–H and O–H groups in total. The maximum atomic E-state index is 13.9. The second-order valence-corrected chi connectivity index (χ2v) is 6.47. The van der Waals surface area contributed by atoms with Crippen molar-refractivity contribution in [2.24, 2.45) is 0 Å². The Morgan fingerprint density at radius 1 is 1.16 bits per heavy atom. The molecule has 2 heterocycles. The molecule has 0 spiro atoms. The molecule has 0 amide bonds. The quantitative estimate of drug-likeness (QED) is 0.727. The molecule has 1 aliphatic heterocycles. The molecular formula is C19H18F2N2O2. The minimum Gasteiger partial charge on any atom is -0.408 e. The van der Waals surface area contributed by atoms with Crippen molar-refractivity contribution in [2.75, 3.05) is 13.1 Å². The predicted molar refractivity (Wildman–Crippen MR) is 90.4 cm³/mol. The topological polar surface area (TPSA) is 38.4 Å². The van der Waals surface area contributed by atoms with E-state index in [2.05, 4.69) is 4.90 Å². The maximum Gasteiger partial charge on any atom is 0.420 e. The predicted octanol–water partition coefficient (Wildman–Crippen LogP) is 3.71. The van der Waals surface area contributed by atoms with Crippen LogP contribution in [0, 0.1) is 11.6 Å². The van der Waals surface area contributed by atoms with Crippen LogP contribution in [0.5, 0.6) is 0 Å². The van der Waals surface area contributed by atoms with E-state index in [-0.39, 0.29) is 11.8 Å². The molecule has 25 heavy (non-hydrogen) atoms. The highest BCUT2D eigenvalue weighted by atomic mass is 19.1. The zero-order valence-corrected chi connectivity index (χ0v) is 13.6. The van der Waals surface area contributed by atoms with Crippen molar-refractivity contribution in [3.05, 3.63) is 70.2 Å². The third-order valence-electron chi connectivity index (χ3n) is 4.77. The molecule has 1 atom stereocenters. The van der Waals surface area contributed by atoms with Gasteiger partial charge in [0.2, 0.25) is 0 Å². The van der Waals surface area contributed by atoms with E-state index in [1.54, 1.807) is 10.6 Å². The number of para-hydroxylation sites is 2. The maximum absolute atomic E-state index is 13.9. The molecular weight excluding hydrogens is 326 g/mol. The number of nitrogens with zero attached hydrogens (tertiary/aromatic N) is 2. The number of oxazole rings is 1. The van der Waals surface area contributed by atoms with Gasteiger partial charge in [-0.3, -0.25) is 9.47 Å². The minimum absolute atomic E-state index is 0.0403. The smallest absolute Gasteiger partial charge is 0.408 e. The summed E-state index contributed by atoms with van der Waals surface area (Å²) in [4.78, 5) is 14.3. The van der Waals surface area contributed by atoms with Crippen LogP contribution in [-0.4, -0.2) is 22.6 Å². The summed E-state index contributed by atoms with van der Waals surface area (Å²) >= 11 is 0. The van der Waals surface area contributed by atoms with E-state index in [1.807, 2.05) is 18.2 Å². The number of hydrogen-bond acceptors (Lipinski definition) is 3. The van der Waals surface area contributed by atoms with E-state index in [0.29, 0.717) is 24.2 Å². The van der Waals surface area contributed by atoms with Crippen molar-refractivity contribution in [1.29, 1.82) is 0 Å². The first-order valence-electron chi connectivity index (χ1n) is 8.38. The molecule has 130 valence electrons. The lowest BCUT2D eigenvalue weighted by molar-refractivity contribution is 0.166. The molecule has 1 fully saturated rings. The van der Waals surface area contributed by atoms with Gasteiger partial charge in [0.15, 0.2) is 5.58 Å². The van der Waals surface area contributed by atoms with Crippen LogP contribution in [-0.2, 0) is 6.54 Å². The second kappa shape index (κ2) is 6.44. The van der Waals surface area contributed by atoms with Crippen LogP contribution in [0.4, 0.5) is 8.78 Å². The van der Waals surface area contributed by atoms with Crippen molar-refractivity contribution in [1.82, 2.24) is 9.47 Å². The number of likely N-dealkylation sites (tertiary alicyclic amines) is 1. The molecule has 0 saturated carbocycles. The van der Waals surface area contributed by atoms with Gasteiger partial charge < -0.3 is 4.42 Å². The van der Waals surface area contributed by atoms with Crippen molar-refractivity contribution >= 4 is 11.1 Å². The lowest BCUT2D eigenvalue weighted by Gasteiger charge is -2.33. The summed E-state index contributed by atoms with van der Waals surface area (Å²) in [6.07, 6.45) is 1.74. The Kier molecular flexibility index (Phi) is 4.13. The van der Waals surface area contributed by atoms with E-state index in [0.717, 1.165) is 37.0 Å². The molecule has 1 aromatic heterocycles. The van der Waals surface area contributed by atoms with Gasteiger partial charge in [0.05, 0.1) is 11.6 Å². The Hall–Kier alpha value is -2.47. The van der Waals surface area contributed by atoms with Crippen LogP contribution in [0.25, 0.3) is 11.1 Å². The fraction of sp³-hybridized carbons (Fsp3) is 0.316. The number of aromatic nitrogens is 1. The first-order valence-corrected chi connectivity index (χ1v) is 8.38. The van der Waals surface area contributed by atoms with Crippen LogP contribution >= 0.6 is 0 Å². The van der Waals surface area contributed by atoms with E-state index in [4.69, 9.17) is 4.42 Å². The van der Waals surface area contributed by atoms with Crippen LogP contribution in [0.2, 0.25) is 0 Å². The van der Waals surface area contributed by atoms with E-state index < -0.39 is 11.6 Å². The summed E-state index contributed by atoms with van der Waals surface area (Å²) in [5.74, 6) is -1.22. The Bertz CT molecular complexity index is 963. The standard InChI is InChI=1S/C19H18F2N2O2/c20-14-7-8-16(21)13(10-14)11-22-9-3-4-15(12-22)23-17-5-1-2-6-18(17)25-19(23)24/h1-2,5-8,10,15H,3-4,9,11-12H2/t15-/m1/s1. The van der Waals surface area contributed by atoms with Crippen molar-refractivity contribution in [3.8, 4) is 0 Å². The van der Waals surface area contributed by atoms with Crippen LogP contribution < -0.4 is 5.76 Å². The van der Waals surface area contributed by atoms with Gasteiger partial charge in [-0.15, -0.1) is 0 Å². The monoisotopic (exact) mass is 344 g/mol. The molecule has 1 aliphatic rings. The fourth-order valence-electron chi connectivity index (χ4n) is 3.62. The molecule has 6 heteroatoms. The summed E-state index contributed by atoms with van der Waals surface area (Å²) in [6, 6.07) is 10.8. The Balaban J connectivity index is 1.59. The molecule has 3 aromatic rings. The van der Waals surface area contributed by atoms with Crippen molar-refractivity contribution < 1.29 is 13.2 Å². The second-order valence-electron chi connectivity index (χ2n) is 6.47. The van der Waals surface area contributed by atoms with E-state index in [1.165, 1.54) is 6.07 Å². The number of rotatable bonds is 3. The molecule has 4 nitrogen and oxygen atoms in total. The zero-order valence-electron chi connectivity index (χ0n) is 13.6. The third kappa shape index (κ3) is 3.09. The highest BCUT2D eigenvalue weighted by molar-refractivity contribution is 5.72. The molecule has 0 bridgehead atoms. The van der Waals surface area contributed by atoms with Crippen LogP contribution in [0.3, 0.4) is 0 Å². The lowest BCUT2D eigenvalue weighted by atomic mass is 10.0.